The second kappa shape index (κ2) is 5.48. The van der Waals surface area contributed by atoms with Crippen LogP contribution in [0.15, 0.2) is 29.3 Å². The lowest BCUT2D eigenvalue weighted by molar-refractivity contribution is -0.141. The van der Waals surface area contributed by atoms with Crippen molar-refractivity contribution in [3.05, 3.63) is 40.6 Å². The minimum Gasteiger partial charge on any atom is -0.291 e. The number of aromatic amines is 1. The molecule has 5 nitrogen and oxygen atoms in total. The van der Waals surface area contributed by atoms with Gasteiger partial charge in [0, 0.05) is 18.5 Å². The fourth-order valence-electron chi connectivity index (χ4n) is 1.07. The molecule has 0 aliphatic heterocycles. The maximum Gasteiger partial charge on any atom is 0.435 e. The summed E-state index contributed by atoms with van der Waals surface area (Å²) >= 11 is 0. The van der Waals surface area contributed by atoms with E-state index in [-0.39, 0.29) is 5.95 Å². The third-order valence-electron chi connectivity index (χ3n) is 1.75. The number of nitrogens with zero attached hydrogens (tertiary/aromatic N) is 3. The molecule has 0 atom stereocenters. The fourth-order valence-corrected chi connectivity index (χ4v) is 1.07. The molecule has 1 N–H and O–H groups in total. The summed E-state index contributed by atoms with van der Waals surface area (Å²) in [5.74, 6) is -0.0667. The minimum absolute atomic E-state index is 0.0667. The van der Waals surface area contributed by atoms with E-state index in [1.54, 1.807) is 0 Å². The second-order valence-electron chi connectivity index (χ2n) is 2.90. The summed E-state index contributed by atoms with van der Waals surface area (Å²) in [6, 6.07) is 1.95. The molecule has 2 aromatic rings. The molecule has 2 aromatic heterocycles. The molecular formula is C10H11F3N4O. The van der Waals surface area contributed by atoms with Crippen molar-refractivity contribution in [2.45, 2.75) is 20.0 Å². The van der Waals surface area contributed by atoms with Gasteiger partial charge < -0.3 is 0 Å². The predicted octanol–water partition coefficient (Wildman–Crippen LogP) is 2.00. The van der Waals surface area contributed by atoms with Crippen molar-refractivity contribution < 1.29 is 13.2 Å². The predicted molar refractivity (Wildman–Crippen MR) is 58.3 cm³/mol. The number of alkyl halides is 3. The lowest BCUT2D eigenvalue weighted by Gasteiger charge is -2.01. The van der Waals surface area contributed by atoms with Crippen molar-refractivity contribution in [3.8, 4) is 5.95 Å². The number of rotatable bonds is 1. The summed E-state index contributed by atoms with van der Waals surface area (Å²) in [5, 5.41) is 3.25. The molecule has 0 radical (unpaired) electrons. The normalized spacial score (nSPS) is 10.7. The summed E-state index contributed by atoms with van der Waals surface area (Å²) in [7, 11) is 0. The van der Waals surface area contributed by atoms with Crippen LogP contribution in [0.25, 0.3) is 5.95 Å². The van der Waals surface area contributed by atoms with Crippen molar-refractivity contribution in [1.82, 2.24) is 19.7 Å². The third kappa shape index (κ3) is 3.19. The van der Waals surface area contributed by atoms with Gasteiger partial charge in [0.2, 0.25) is 5.95 Å². The number of halogens is 3. The molecule has 98 valence electrons. The summed E-state index contributed by atoms with van der Waals surface area (Å²) in [6.07, 6.45) is -2.26. The summed E-state index contributed by atoms with van der Waals surface area (Å²) in [4.78, 5) is 16.8. The van der Waals surface area contributed by atoms with Gasteiger partial charge in [-0.05, 0) is 6.07 Å². The first-order chi connectivity index (χ1) is 8.47. The van der Waals surface area contributed by atoms with Crippen LogP contribution in [0.1, 0.15) is 19.5 Å². The van der Waals surface area contributed by atoms with Gasteiger partial charge in [-0.3, -0.25) is 9.78 Å². The Labute approximate surface area is 100 Å². The first-order valence-corrected chi connectivity index (χ1v) is 5.15. The molecule has 0 spiro atoms. The third-order valence-corrected chi connectivity index (χ3v) is 1.75. The number of H-pyrrole nitrogens is 1. The van der Waals surface area contributed by atoms with Crippen molar-refractivity contribution >= 4 is 0 Å². The van der Waals surface area contributed by atoms with Crippen molar-refractivity contribution in [1.29, 1.82) is 0 Å². The second-order valence-corrected chi connectivity index (χ2v) is 2.90. The molecule has 0 aromatic carbocycles. The van der Waals surface area contributed by atoms with Crippen LogP contribution >= 0.6 is 0 Å². The van der Waals surface area contributed by atoms with Crippen LogP contribution in [0.3, 0.4) is 0 Å². The van der Waals surface area contributed by atoms with E-state index >= 15 is 0 Å². The quantitative estimate of drug-likeness (QED) is 0.852. The monoisotopic (exact) mass is 260 g/mol. The fraction of sp³-hybridized carbons (Fsp3) is 0.300. The zero-order valence-electron chi connectivity index (χ0n) is 9.69. The van der Waals surface area contributed by atoms with Crippen LogP contribution in [-0.2, 0) is 6.18 Å². The maximum atomic E-state index is 12.2. The van der Waals surface area contributed by atoms with E-state index in [1.807, 2.05) is 13.8 Å². The van der Waals surface area contributed by atoms with E-state index in [4.69, 9.17) is 0 Å². The highest BCUT2D eigenvalue weighted by molar-refractivity contribution is 5.13. The van der Waals surface area contributed by atoms with E-state index in [9.17, 15) is 18.0 Å². The largest absolute Gasteiger partial charge is 0.435 e. The first kappa shape index (κ1) is 13.9. The molecule has 2 rings (SSSR count). The van der Waals surface area contributed by atoms with Gasteiger partial charge in [0.05, 0.1) is 0 Å². The van der Waals surface area contributed by atoms with E-state index in [2.05, 4.69) is 15.1 Å². The Morgan fingerprint density at radius 2 is 1.94 bits per heavy atom. The van der Waals surface area contributed by atoms with Crippen LogP contribution < -0.4 is 5.56 Å². The summed E-state index contributed by atoms with van der Waals surface area (Å²) in [5.41, 5.74) is -1.51. The molecule has 0 saturated carbocycles. The molecule has 0 amide bonds. The zero-order chi connectivity index (χ0) is 13.8. The van der Waals surface area contributed by atoms with Gasteiger partial charge in [-0.2, -0.15) is 18.3 Å². The van der Waals surface area contributed by atoms with Gasteiger partial charge in [0.25, 0.3) is 5.56 Å². The van der Waals surface area contributed by atoms with Crippen LogP contribution in [0, 0.1) is 0 Å². The minimum atomic E-state index is -4.51. The topological polar surface area (TPSA) is 63.6 Å². The lowest BCUT2D eigenvalue weighted by Crippen LogP contribution is -2.13. The standard InChI is InChI=1S/C8H5F3N4O.C2H6/c9-8(10,11)5-2-4-15(14-5)7-12-3-1-6(16)13-7;1-2/h1-4H,(H,12,13,16);1-2H3. The summed E-state index contributed by atoms with van der Waals surface area (Å²) < 4.78 is 37.5. The van der Waals surface area contributed by atoms with Gasteiger partial charge in [-0.1, -0.05) is 13.8 Å². The molecule has 0 bridgehead atoms. The number of nitrogens with one attached hydrogen (secondary N) is 1. The van der Waals surface area contributed by atoms with Crippen molar-refractivity contribution in [3.63, 3.8) is 0 Å². The van der Waals surface area contributed by atoms with Crippen LogP contribution in [0.5, 0.6) is 0 Å². The zero-order valence-corrected chi connectivity index (χ0v) is 9.69. The van der Waals surface area contributed by atoms with Crippen molar-refractivity contribution in [2.75, 3.05) is 0 Å². The molecule has 2 heterocycles. The molecule has 8 heteroatoms. The molecule has 0 aliphatic carbocycles. The average molecular weight is 260 g/mol. The number of hydrogen-bond donors (Lipinski definition) is 1. The molecule has 0 unspecified atom stereocenters. The van der Waals surface area contributed by atoms with Gasteiger partial charge in [0.1, 0.15) is 0 Å². The van der Waals surface area contributed by atoms with Crippen LogP contribution in [-0.4, -0.2) is 19.7 Å². The summed E-state index contributed by atoms with van der Waals surface area (Å²) in [6.45, 7) is 4.00. The SMILES string of the molecule is CC.O=c1ccnc(-n2ccc(C(F)(F)F)n2)[nH]1. The Balaban J connectivity index is 0.000000771. The Morgan fingerprint density at radius 1 is 1.28 bits per heavy atom. The van der Waals surface area contributed by atoms with Crippen molar-refractivity contribution in [2.24, 2.45) is 0 Å². The van der Waals surface area contributed by atoms with Gasteiger partial charge in [-0.15, -0.1) is 0 Å². The Hall–Kier alpha value is -2.12. The van der Waals surface area contributed by atoms with E-state index < -0.39 is 17.4 Å². The Bertz CT molecular complexity index is 558. The lowest BCUT2D eigenvalue weighted by atomic mass is 10.4. The van der Waals surface area contributed by atoms with Gasteiger partial charge >= 0.3 is 6.18 Å². The molecule has 0 aliphatic rings. The molecule has 0 saturated heterocycles. The van der Waals surface area contributed by atoms with Crippen LogP contribution in [0.4, 0.5) is 13.2 Å². The highest BCUT2D eigenvalue weighted by Gasteiger charge is 2.33. The van der Waals surface area contributed by atoms with E-state index in [0.29, 0.717) is 0 Å². The maximum absolute atomic E-state index is 12.2. The molecule has 0 fully saturated rings. The molecular weight excluding hydrogens is 249 g/mol. The van der Waals surface area contributed by atoms with Gasteiger partial charge in [-0.25, -0.2) is 9.67 Å². The highest BCUT2D eigenvalue weighted by atomic mass is 19.4. The molecule has 18 heavy (non-hydrogen) atoms. The van der Waals surface area contributed by atoms with E-state index in [1.165, 1.54) is 6.20 Å². The highest BCUT2D eigenvalue weighted by Crippen LogP contribution is 2.27. The van der Waals surface area contributed by atoms with E-state index in [0.717, 1.165) is 23.0 Å². The number of aromatic nitrogens is 4. The Morgan fingerprint density at radius 3 is 2.44 bits per heavy atom. The number of hydrogen-bond acceptors (Lipinski definition) is 3. The van der Waals surface area contributed by atoms with Crippen LogP contribution in [0.2, 0.25) is 0 Å². The van der Waals surface area contributed by atoms with Gasteiger partial charge in [0.15, 0.2) is 5.69 Å². The Kier molecular flexibility index (Phi) is 4.24. The first-order valence-electron chi connectivity index (χ1n) is 5.15. The average Bonchev–Trinajstić information content (AvgIpc) is 2.80. The smallest absolute Gasteiger partial charge is 0.291 e.